The largest absolute Gasteiger partial charge is 0.480 e. The Labute approximate surface area is 126 Å². The molecule has 0 radical (unpaired) electrons. The van der Waals surface area contributed by atoms with Crippen LogP contribution < -0.4 is 5.32 Å². The molecule has 2 N–H and O–H groups in total. The van der Waals surface area contributed by atoms with Gasteiger partial charge in [-0.15, -0.1) is 0 Å². The van der Waals surface area contributed by atoms with Crippen molar-refractivity contribution in [3.63, 3.8) is 0 Å². The summed E-state index contributed by atoms with van der Waals surface area (Å²) in [5.41, 5.74) is 1.09. The molecule has 5 nitrogen and oxygen atoms in total. The third-order valence-corrected chi connectivity index (χ3v) is 3.87. The summed E-state index contributed by atoms with van der Waals surface area (Å²) in [4.78, 5) is 24.3. The summed E-state index contributed by atoms with van der Waals surface area (Å²) in [7, 11) is 0. The zero-order valence-corrected chi connectivity index (χ0v) is 12.3. The molecular formula is C13H14Cl2N2O3. The number of nitrogens with one attached hydrogen (secondary N) is 1. The standard InChI is InChI=1S/C13H14Cl2N2O3/c1-7-2-5-9(14)12(11(7)15)16-13(20)17(6-10(18)19)8-3-4-8/h2,5,8H,3-4,6H2,1H3,(H,16,20)(H,18,19). The van der Waals surface area contributed by atoms with E-state index in [0.717, 1.165) is 18.4 Å². The maximum absolute atomic E-state index is 12.2. The number of benzene rings is 1. The van der Waals surface area contributed by atoms with E-state index >= 15 is 0 Å². The van der Waals surface area contributed by atoms with Gasteiger partial charge in [-0.1, -0.05) is 29.3 Å². The van der Waals surface area contributed by atoms with Crippen LogP contribution in [0, 0.1) is 6.92 Å². The third-order valence-electron chi connectivity index (χ3n) is 3.07. The molecule has 0 unspecified atom stereocenters. The lowest BCUT2D eigenvalue weighted by atomic mass is 10.2. The fourth-order valence-corrected chi connectivity index (χ4v) is 2.31. The molecule has 2 amide bonds. The van der Waals surface area contributed by atoms with Gasteiger partial charge in [0.2, 0.25) is 0 Å². The quantitative estimate of drug-likeness (QED) is 0.894. The first-order chi connectivity index (χ1) is 9.40. The smallest absolute Gasteiger partial charge is 0.323 e. The van der Waals surface area contributed by atoms with E-state index in [4.69, 9.17) is 28.3 Å². The number of amides is 2. The minimum absolute atomic E-state index is 0.0199. The minimum atomic E-state index is -1.05. The number of carboxylic acids is 1. The normalized spacial score (nSPS) is 13.9. The van der Waals surface area contributed by atoms with Gasteiger partial charge in [0.15, 0.2) is 0 Å². The number of anilines is 1. The topological polar surface area (TPSA) is 69.6 Å². The molecule has 0 spiro atoms. The van der Waals surface area contributed by atoms with Crippen molar-refractivity contribution in [1.29, 1.82) is 0 Å². The SMILES string of the molecule is Cc1ccc(Cl)c(NC(=O)N(CC(=O)O)C2CC2)c1Cl. The van der Waals surface area contributed by atoms with Crippen molar-refractivity contribution in [2.45, 2.75) is 25.8 Å². The van der Waals surface area contributed by atoms with Gasteiger partial charge in [0.1, 0.15) is 6.54 Å². The van der Waals surface area contributed by atoms with Crippen molar-refractivity contribution in [2.75, 3.05) is 11.9 Å². The molecular weight excluding hydrogens is 303 g/mol. The van der Waals surface area contributed by atoms with Gasteiger partial charge in [0.05, 0.1) is 15.7 Å². The number of halogens is 2. The van der Waals surface area contributed by atoms with Crippen molar-refractivity contribution < 1.29 is 14.7 Å². The van der Waals surface area contributed by atoms with Crippen LogP contribution in [0.2, 0.25) is 10.0 Å². The van der Waals surface area contributed by atoms with E-state index in [1.807, 2.05) is 0 Å². The number of carbonyl (C=O) groups is 2. The average Bonchev–Trinajstić information content (AvgIpc) is 3.20. The van der Waals surface area contributed by atoms with E-state index in [0.29, 0.717) is 15.7 Å². The van der Waals surface area contributed by atoms with Gasteiger partial charge in [-0.25, -0.2) is 4.79 Å². The van der Waals surface area contributed by atoms with Gasteiger partial charge in [0.25, 0.3) is 0 Å². The number of urea groups is 1. The van der Waals surface area contributed by atoms with E-state index < -0.39 is 12.0 Å². The summed E-state index contributed by atoms with van der Waals surface area (Å²) in [6, 6.07) is 2.87. The fraction of sp³-hybridized carbons (Fsp3) is 0.385. The summed E-state index contributed by atoms with van der Waals surface area (Å²) in [5, 5.41) is 12.1. The van der Waals surface area contributed by atoms with Crippen molar-refractivity contribution in [2.24, 2.45) is 0 Å². The minimum Gasteiger partial charge on any atom is -0.480 e. The molecule has 0 bridgehead atoms. The Balaban J connectivity index is 2.18. The number of hydrogen-bond acceptors (Lipinski definition) is 2. The number of rotatable bonds is 4. The second kappa shape index (κ2) is 5.89. The molecule has 0 aromatic heterocycles. The number of aryl methyl sites for hydroxylation is 1. The fourth-order valence-electron chi connectivity index (χ4n) is 1.85. The average molecular weight is 317 g/mol. The van der Waals surface area contributed by atoms with Crippen LogP contribution in [0.4, 0.5) is 10.5 Å². The maximum Gasteiger partial charge on any atom is 0.323 e. The Kier molecular flexibility index (Phi) is 4.40. The molecule has 1 fully saturated rings. The molecule has 2 rings (SSSR count). The van der Waals surface area contributed by atoms with Gasteiger partial charge in [-0.3, -0.25) is 4.79 Å². The van der Waals surface area contributed by atoms with Gasteiger partial charge in [-0.2, -0.15) is 0 Å². The molecule has 7 heteroatoms. The predicted octanol–water partition coefficient (Wildman–Crippen LogP) is 3.38. The maximum atomic E-state index is 12.2. The molecule has 1 aromatic carbocycles. The van der Waals surface area contributed by atoms with E-state index in [9.17, 15) is 9.59 Å². The van der Waals surface area contributed by atoms with Crippen molar-refractivity contribution >= 4 is 40.9 Å². The van der Waals surface area contributed by atoms with E-state index in [1.54, 1.807) is 19.1 Å². The van der Waals surface area contributed by atoms with E-state index in [2.05, 4.69) is 5.32 Å². The lowest BCUT2D eigenvalue weighted by molar-refractivity contribution is -0.137. The second-order valence-electron chi connectivity index (χ2n) is 4.74. The molecule has 20 heavy (non-hydrogen) atoms. The Bertz CT molecular complexity index is 559. The van der Waals surface area contributed by atoms with Gasteiger partial charge in [0, 0.05) is 6.04 Å². The van der Waals surface area contributed by atoms with Crippen LogP contribution in [-0.2, 0) is 4.79 Å². The van der Waals surface area contributed by atoms with E-state index in [-0.39, 0.29) is 12.6 Å². The number of carbonyl (C=O) groups excluding carboxylic acids is 1. The van der Waals surface area contributed by atoms with Crippen LogP contribution in [-0.4, -0.2) is 34.6 Å². The molecule has 0 saturated heterocycles. The molecule has 1 saturated carbocycles. The van der Waals surface area contributed by atoms with Crippen LogP contribution >= 0.6 is 23.2 Å². The lowest BCUT2D eigenvalue weighted by Crippen LogP contribution is -2.40. The van der Waals surface area contributed by atoms with Gasteiger partial charge in [-0.05, 0) is 31.4 Å². The monoisotopic (exact) mass is 316 g/mol. The van der Waals surface area contributed by atoms with Crippen LogP contribution in [0.3, 0.4) is 0 Å². The van der Waals surface area contributed by atoms with E-state index in [1.165, 1.54) is 4.90 Å². The summed E-state index contributed by atoms with van der Waals surface area (Å²) < 4.78 is 0. The number of nitrogens with zero attached hydrogens (tertiary/aromatic N) is 1. The Morgan fingerprint density at radius 3 is 2.60 bits per heavy atom. The lowest BCUT2D eigenvalue weighted by Gasteiger charge is -2.21. The summed E-state index contributed by atoms with van der Waals surface area (Å²) in [5.74, 6) is -1.05. The van der Waals surface area contributed by atoms with Gasteiger partial charge < -0.3 is 15.3 Å². The number of carboxylic acid groups (broad SMARTS) is 1. The highest BCUT2D eigenvalue weighted by molar-refractivity contribution is 6.40. The van der Waals surface area contributed by atoms with Crippen LogP contribution in [0.1, 0.15) is 18.4 Å². The Morgan fingerprint density at radius 2 is 2.05 bits per heavy atom. The highest BCUT2D eigenvalue weighted by Gasteiger charge is 2.34. The first kappa shape index (κ1) is 14.9. The highest BCUT2D eigenvalue weighted by atomic mass is 35.5. The summed E-state index contributed by atoms with van der Waals surface area (Å²) in [6.45, 7) is 1.46. The predicted molar refractivity (Wildman–Crippen MR) is 77.6 cm³/mol. The van der Waals surface area contributed by atoms with Crippen molar-refractivity contribution in [3.05, 3.63) is 27.7 Å². The Morgan fingerprint density at radius 1 is 1.40 bits per heavy atom. The van der Waals surface area contributed by atoms with Crippen LogP contribution in [0.5, 0.6) is 0 Å². The molecule has 0 heterocycles. The Hall–Kier alpha value is -1.46. The summed E-state index contributed by atoms with van der Waals surface area (Å²) >= 11 is 12.1. The first-order valence-electron chi connectivity index (χ1n) is 6.14. The molecule has 1 aliphatic carbocycles. The van der Waals surface area contributed by atoms with Crippen molar-refractivity contribution in [1.82, 2.24) is 4.90 Å². The first-order valence-corrected chi connectivity index (χ1v) is 6.89. The number of aliphatic carboxylic acids is 1. The molecule has 108 valence electrons. The zero-order chi connectivity index (χ0) is 14.9. The van der Waals surface area contributed by atoms with Crippen LogP contribution in [0.25, 0.3) is 0 Å². The molecule has 1 aromatic rings. The highest BCUT2D eigenvalue weighted by Crippen LogP contribution is 2.34. The summed E-state index contributed by atoms with van der Waals surface area (Å²) in [6.07, 6.45) is 1.63. The molecule has 0 aliphatic heterocycles. The van der Waals surface area contributed by atoms with Crippen LogP contribution in [0.15, 0.2) is 12.1 Å². The molecule has 1 aliphatic rings. The molecule has 0 atom stereocenters. The second-order valence-corrected chi connectivity index (χ2v) is 5.52. The zero-order valence-electron chi connectivity index (χ0n) is 10.8. The van der Waals surface area contributed by atoms with Crippen molar-refractivity contribution in [3.8, 4) is 0 Å². The third kappa shape index (κ3) is 3.35. The van der Waals surface area contributed by atoms with Gasteiger partial charge >= 0.3 is 12.0 Å². The number of hydrogen-bond donors (Lipinski definition) is 2.